The molecule has 9 heteroatoms. The number of aromatic nitrogens is 5. The van der Waals surface area contributed by atoms with Crippen LogP contribution in [0.25, 0.3) is 5.78 Å². The Morgan fingerprint density at radius 2 is 1.85 bits per heavy atom. The van der Waals surface area contributed by atoms with Crippen molar-refractivity contribution in [2.75, 3.05) is 43.7 Å². The second-order valence-corrected chi connectivity index (χ2v) is 5.66. The monoisotopic (exact) mass is 295 g/mol. The van der Waals surface area contributed by atoms with E-state index >= 15 is 0 Å². The summed E-state index contributed by atoms with van der Waals surface area (Å²) < 4.78 is 1.75. The predicted octanol–water partition coefficient (Wildman–Crippen LogP) is 0.332. The maximum Gasteiger partial charge on any atom is 0.261 e. The number of carbonyl (C=O) groups is 1. The van der Waals surface area contributed by atoms with Crippen LogP contribution in [0.1, 0.15) is 6.92 Å². The van der Waals surface area contributed by atoms with Gasteiger partial charge in [0.25, 0.3) is 5.78 Å². The van der Waals surface area contributed by atoms with Crippen molar-refractivity contribution in [1.29, 1.82) is 0 Å². The van der Waals surface area contributed by atoms with Crippen molar-refractivity contribution in [2.24, 2.45) is 0 Å². The Labute approximate surface area is 121 Å². The number of carbonyl (C=O) groups excluding carboxylic acids is 1. The third kappa shape index (κ3) is 2.82. The van der Waals surface area contributed by atoms with Gasteiger partial charge in [-0.3, -0.25) is 4.79 Å². The van der Waals surface area contributed by atoms with Gasteiger partial charge in [-0.1, -0.05) is 11.8 Å². The van der Waals surface area contributed by atoms with Gasteiger partial charge in [-0.25, -0.2) is 4.40 Å². The molecule has 20 heavy (non-hydrogen) atoms. The van der Waals surface area contributed by atoms with Crippen molar-refractivity contribution in [3.63, 3.8) is 0 Å². The molecule has 0 aliphatic carbocycles. The predicted molar refractivity (Wildman–Crippen MR) is 78.6 cm³/mol. The van der Waals surface area contributed by atoms with Gasteiger partial charge in [0.15, 0.2) is 5.16 Å². The minimum absolute atomic E-state index is 0.0870. The number of hydrogen-bond acceptors (Lipinski definition) is 8. The molecule has 2 aromatic heterocycles. The van der Waals surface area contributed by atoms with Gasteiger partial charge < -0.3 is 9.80 Å². The largest absolute Gasteiger partial charge is 0.348 e. The van der Waals surface area contributed by atoms with E-state index in [9.17, 15) is 4.79 Å². The maximum absolute atomic E-state index is 11.1. The highest BCUT2D eigenvalue weighted by molar-refractivity contribution is 7.99. The molecule has 2 aromatic rings. The zero-order valence-corrected chi connectivity index (χ0v) is 13.0. The summed E-state index contributed by atoms with van der Waals surface area (Å²) in [5, 5.41) is 8.76. The summed E-state index contributed by atoms with van der Waals surface area (Å²) in [4.78, 5) is 23.6. The van der Waals surface area contributed by atoms with Gasteiger partial charge in [0.05, 0.1) is 5.75 Å². The van der Waals surface area contributed by atoms with Crippen LogP contribution in [0.15, 0.2) is 5.16 Å². The van der Waals surface area contributed by atoms with Crippen LogP contribution in [0.4, 0.5) is 11.9 Å². The Morgan fingerprint density at radius 1 is 1.15 bits per heavy atom. The molecule has 0 spiro atoms. The summed E-state index contributed by atoms with van der Waals surface area (Å²) in [5.41, 5.74) is 0. The van der Waals surface area contributed by atoms with E-state index in [0.717, 1.165) is 0 Å². The Balaban J connectivity index is 2.55. The van der Waals surface area contributed by atoms with Crippen molar-refractivity contribution in [1.82, 2.24) is 24.6 Å². The van der Waals surface area contributed by atoms with E-state index in [0.29, 0.717) is 28.6 Å². The molecule has 0 saturated carbocycles. The molecule has 0 amide bonds. The number of Topliss-reactive ketones (excluding diaryl/α,β-unsaturated/α-hetero) is 1. The fraction of sp³-hybridized carbons (Fsp3) is 0.545. The van der Waals surface area contributed by atoms with Crippen molar-refractivity contribution < 1.29 is 4.79 Å². The molecule has 0 unspecified atom stereocenters. The number of rotatable bonds is 5. The van der Waals surface area contributed by atoms with Crippen molar-refractivity contribution in [3.05, 3.63) is 0 Å². The standard InChI is InChI=1S/C11H17N7OS/c1-7(19)6-20-11-15-14-9-12-8(16(2)3)13-10(17(4)5)18(9)11/h6H2,1-5H3. The minimum Gasteiger partial charge on any atom is -0.348 e. The summed E-state index contributed by atoms with van der Waals surface area (Å²) >= 11 is 1.33. The molecule has 0 radical (unpaired) electrons. The van der Waals surface area contributed by atoms with E-state index in [-0.39, 0.29) is 5.78 Å². The molecule has 2 heterocycles. The first-order chi connectivity index (χ1) is 9.40. The van der Waals surface area contributed by atoms with Crippen molar-refractivity contribution >= 4 is 35.2 Å². The second kappa shape index (κ2) is 5.61. The fourth-order valence-corrected chi connectivity index (χ4v) is 2.25. The van der Waals surface area contributed by atoms with Crippen LogP contribution in [0, 0.1) is 0 Å². The van der Waals surface area contributed by atoms with Gasteiger partial charge in [-0.2, -0.15) is 9.97 Å². The molecule has 0 fully saturated rings. The highest BCUT2D eigenvalue weighted by atomic mass is 32.2. The zero-order valence-electron chi connectivity index (χ0n) is 12.2. The third-order valence-corrected chi connectivity index (χ3v) is 3.49. The Morgan fingerprint density at radius 3 is 2.40 bits per heavy atom. The van der Waals surface area contributed by atoms with Gasteiger partial charge in [-0.15, -0.1) is 10.2 Å². The first-order valence-electron chi connectivity index (χ1n) is 6.00. The van der Waals surface area contributed by atoms with Crippen LogP contribution in [-0.4, -0.2) is 64.3 Å². The van der Waals surface area contributed by atoms with Crippen molar-refractivity contribution in [2.45, 2.75) is 12.1 Å². The molecule has 0 atom stereocenters. The van der Waals surface area contributed by atoms with Gasteiger partial charge in [-0.05, 0) is 6.92 Å². The molecular weight excluding hydrogens is 278 g/mol. The van der Waals surface area contributed by atoms with Crippen LogP contribution in [0.3, 0.4) is 0 Å². The molecule has 0 N–H and O–H groups in total. The molecule has 0 aromatic carbocycles. The lowest BCUT2D eigenvalue weighted by Crippen LogP contribution is -2.20. The average Bonchev–Trinajstić information content (AvgIpc) is 2.77. The molecular formula is C11H17N7OS. The summed E-state index contributed by atoms with van der Waals surface area (Å²) in [6, 6.07) is 0. The van der Waals surface area contributed by atoms with E-state index in [1.165, 1.54) is 11.8 Å². The van der Waals surface area contributed by atoms with E-state index in [1.807, 2.05) is 38.0 Å². The summed E-state index contributed by atoms with van der Waals surface area (Å²) in [6.45, 7) is 1.55. The molecule has 0 saturated heterocycles. The van der Waals surface area contributed by atoms with Crippen molar-refractivity contribution in [3.8, 4) is 0 Å². The molecule has 0 bridgehead atoms. The van der Waals surface area contributed by atoms with E-state index in [4.69, 9.17) is 0 Å². The number of hydrogen-bond donors (Lipinski definition) is 0. The van der Waals surface area contributed by atoms with Crippen LogP contribution < -0.4 is 9.80 Å². The van der Waals surface area contributed by atoms with Gasteiger partial charge in [0.2, 0.25) is 11.9 Å². The number of nitrogens with zero attached hydrogens (tertiary/aromatic N) is 7. The normalized spacial score (nSPS) is 10.8. The quantitative estimate of drug-likeness (QED) is 0.730. The maximum atomic E-state index is 11.1. The summed E-state index contributed by atoms with van der Waals surface area (Å²) in [5.74, 6) is 2.15. The molecule has 0 aliphatic heterocycles. The Bertz CT molecular complexity index is 637. The van der Waals surface area contributed by atoms with Crippen LogP contribution in [-0.2, 0) is 4.79 Å². The molecule has 108 valence electrons. The SMILES string of the molecule is CC(=O)CSc1nnc2nc(N(C)C)nc(N(C)C)n12. The van der Waals surface area contributed by atoms with Gasteiger partial charge in [0, 0.05) is 28.2 Å². The van der Waals surface area contributed by atoms with Crippen LogP contribution >= 0.6 is 11.8 Å². The molecule has 2 rings (SSSR count). The van der Waals surface area contributed by atoms with E-state index in [2.05, 4.69) is 20.2 Å². The lowest BCUT2D eigenvalue weighted by Gasteiger charge is -2.17. The number of anilines is 2. The Hall–Kier alpha value is -1.90. The fourth-order valence-electron chi connectivity index (χ4n) is 1.52. The molecule has 0 aliphatic rings. The number of ketones is 1. The zero-order chi connectivity index (χ0) is 14.9. The highest BCUT2D eigenvalue weighted by Crippen LogP contribution is 2.22. The summed E-state index contributed by atoms with van der Waals surface area (Å²) in [7, 11) is 7.52. The van der Waals surface area contributed by atoms with Crippen LogP contribution in [0.5, 0.6) is 0 Å². The van der Waals surface area contributed by atoms with Crippen LogP contribution in [0.2, 0.25) is 0 Å². The van der Waals surface area contributed by atoms with Gasteiger partial charge in [0.1, 0.15) is 5.78 Å². The summed E-state index contributed by atoms with van der Waals surface area (Å²) in [6.07, 6.45) is 0. The smallest absolute Gasteiger partial charge is 0.261 e. The second-order valence-electron chi connectivity index (χ2n) is 4.72. The minimum atomic E-state index is 0.0870. The number of fused-ring (bicyclic) bond motifs is 1. The molecule has 8 nitrogen and oxygen atoms in total. The topological polar surface area (TPSA) is 79.5 Å². The third-order valence-electron chi connectivity index (χ3n) is 2.42. The lowest BCUT2D eigenvalue weighted by atomic mass is 10.5. The first-order valence-corrected chi connectivity index (χ1v) is 6.98. The Kier molecular flexibility index (Phi) is 4.07. The van der Waals surface area contributed by atoms with Gasteiger partial charge >= 0.3 is 0 Å². The average molecular weight is 295 g/mol. The number of thioether (sulfide) groups is 1. The van der Waals surface area contributed by atoms with E-state index in [1.54, 1.807) is 11.3 Å². The lowest BCUT2D eigenvalue weighted by molar-refractivity contribution is -0.114. The highest BCUT2D eigenvalue weighted by Gasteiger charge is 2.17. The van der Waals surface area contributed by atoms with E-state index < -0.39 is 0 Å². The first kappa shape index (κ1) is 14.5.